The van der Waals surface area contributed by atoms with Gasteiger partial charge in [-0.2, -0.15) is 0 Å². The van der Waals surface area contributed by atoms with Gasteiger partial charge in [0.15, 0.2) is 0 Å². The highest BCUT2D eigenvalue weighted by Gasteiger charge is 2.18. The number of carbonyl (C=O) groups is 1. The van der Waals surface area contributed by atoms with Crippen molar-refractivity contribution in [3.05, 3.63) is 110 Å². The summed E-state index contributed by atoms with van der Waals surface area (Å²) in [5.41, 5.74) is 0.684. The summed E-state index contributed by atoms with van der Waals surface area (Å²) in [5, 5.41) is 14.7. The minimum atomic E-state index is -0.666. The molecule has 0 spiro atoms. The Bertz CT molecular complexity index is 1370. The Morgan fingerprint density at radius 1 is 1.10 bits per heavy atom. The summed E-state index contributed by atoms with van der Waals surface area (Å²) in [6.07, 6.45) is 1.57. The average Bonchev–Trinajstić information content (AvgIpc) is 2.77. The molecule has 0 atom stereocenters. The first kappa shape index (κ1) is 20.2. The summed E-state index contributed by atoms with van der Waals surface area (Å²) in [6.45, 7) is 0.196. The number of anilines is 1. The number of carbonyl (C=O) groups excluding carboxylic acids is 1. The third-order valence-electron chi connectivity index (χ3n) is 4.66. The predicted molar refractivity (Wildman–Crippen MR) is 118 cm³/mol. The monoisotopic (exact) mass is 434 g/mol. The molecule has 2 aromatic heterocycles. The Balaban J connectivity index is 1.76. The largest absolute Gasteiger partial charge is 0.322 e. The Labute approximate surface area is 180 Å². The minimum absolute atomic E-state index is 0.0963. The second-order valence-electron chi connectivity index (χ2n) is 6.75. The summed E-state index contributed by atoms with van der Waals surface area (Å²) in [6, 6.07) is 17.5. The van der Waals surface area contributed by atoms with Gasteiger partial charge in [0.2, 0.25) is 0 Å². The lowest BCUT2D eigenvalue weighted by molar-refractivity contribution is -0.384. The van der Waals surface area contributed by atoms with E-state index in [-0.39, 0.29) is 23.5 Å². The Morgan fingerprint density at radius 3 is 2.61 bits per heavy atom. The molecule has 154 valence electrons. The first-order valence-electron chi connectivity index (χ1n) is 9.21. The van der Waals surface area contributed by atoms with Crippen LogP contribution in [0, 0.1) is 10.1 Å². The van der Waals surface area contributed by atoms with Gasteiger partial charge in [-0.1, -0.05) is 29.8 Å². The SMILES string of the molecule is O=C(Nc1cccc([N+](=O)[O-])c1)c1cc2cccnc2n(Cc2ccc(Cl)cc2)c1=O. The van der Waals surface area contributed by atoms with Crippen LogP contribution in [-0.4, -0.2) is 20.4 Å². The van der Waals surface area contributed by atoms with Crippen LogP contribution < -0.4 is 10.9 Å². The summed E-state index contributed by atoms with van der Waals surface area (Å²) in [5.74, 6) is -0.666. The normalized spacial score (nSPS) is 10.7. The zero-order chi connectivity index (χ0) is 22.0. The smallest absolute Gasteiger partial charge is 0.271 e. The number of nitro groups is 1. The van der Waals surface area contributed by atoms with Crippen LogP contribution in [0.5, 0.6) is 0 Å². The van der Waals surface area contributed by atoms with Crippen molar-refractivity contribution in [3.8, 4) is 0 Å². The summed E-state index contributed by atoms with van der Waals surface area (Å²) in [4.78, 5) is 40.8. The maximum Gasteiger partial charge on any atom is 0.271 e. The third kappa shape index (κ3) is 4.29. The third-order valence-corrected chi connectivity index (χ3v) is 4.91. The molecule has 1 N–H and O–H groups in total. The summed E-state index contributed by atoms with van der Waals surface area (Å²) < 4.78 is 1.42. The molecule has 0 bridgehead atoms. The minimum Gasteiger partial charge on any atom is -0.322 e. The first-order chi connectivity index (χ1) is 14.9. The topological polar surface area (TPSA) is 107 Å². The molecule has 0 saturated heterocycles. The van der Waals surface area contributed by atoms with Gasteiger partial charge in [0.05, 0.1) is 11.5 Å². The van der Waals surface area contributed by atoms with Crippen molar-refractivity contribution >= 4 is 39.9 Å². The molecule has 9 heteroatoms. The van der Waals surface area contributed by atoms with E-state index in [0.717, 1.165) is 5.56 Å². The van der Waals surface area contributed by atoms with E-state index in [4.69, 9.17) is 11.6 Å². The average molecular weight is 435 g/mol. The number of rotatable bonds is 5. The molecule has 0 unspecified atom stereocenters. The molecule has 0 aliphatic rings. The number of non-ortho nitro benzene ring substituents is 1. The van der Waals surface area contributed by atoms with E-state index in [9.17, 15) is 19.7 Å². The molecular formula is C22H15ClN4O4. The molecule has 8 nitrogen and oxygen atoms in total. The van der Waals surface area contributed by atoms with E-state index in [0.29, 0.717) is 16.1 Å². The van der Waals surface area contributed by atoms with Gasteiger partial charge in [0, 0.05) is 34.4 Å². The Hall–Kier alpha value is -4.04. The van der Waals surface area contributed by atoms with Crippen LogP contribution in [0.3, 0.4) is 0 Å². The second-order valence-corrected chi connectivity index (χ2v) is 7.19. The molecule has 4 rings (SSSR count). The lowest BCUT2D eigenvalue weighted by Gasteiger charge is -2.12. The molecule has 2 heterocycles. The summed E-state index contributed by atoms with van der Waals surface area (Å²) >= 11 is 5.94. The van der Waals surface area contributed by atoms with Crippen molar-refractivity contribution in [1.82, 2.24) is 9.55 Å². The lowest BCUT2D eigenvalue weighted by Crippen LogP contribution is -2.30. The maximum atomic E-state index is 13.2. The number of fused-ring (bicyclic) bond motifs is 1. The fourth-order valence-electron chi connectivity index (χ4n) is 3.18. The van der Waals surface area contributed by atoms with Gasteiger partial charge in [0.25, 0.3) is 17.2 Å². The van der Waals surface area contributed by atoms with Gasteiger partial charge >= 0.3 is 0 Å². The van der Waals surface area contributed by atoms with Crippen molar-refractivity contribution in [2.75, 3.05) is 5.32 Å². The van der Waals surface area contributed by atoms with E-state index in [1.165, 1.54) is 34.9 Å². The first-order valence-corrected chi connectivity index (χ1v) is 9.59. The number of nitro benzene ring substituents is 1. The molecular weight excluding hydrogens is 420 g/mol. The Morgan fingerprint density at radius 2 is 1.87 bits per heavy atom. The number of halogens is 1. The van der Waals surface area contributed by atoms with Gasteiger partial charge in [-0.15, -0.1) is 0 Å². The van der Waals surface area contributed by atoms with Crippen molar-refractivity contribution in [1.29, 1.82) is 0 Å². The zero-order valence-corrected chi connectivity index (χ0v) is 16.7. The highest BCUT2D eigenvalue weighted by Crippen LogP contribution is 2.19. The van der Waals surface area contributed by atoms with Gasteiger partial charge in [0.1, 0.15) is 11.2 Å². The molecule has 0 radical (unpaired) electrons. The standard InChI is InChI=1S/C22H15ClN4O4/c23-16-8-6-14(7-9-16)13-26-20-15(3-2-10-24-20)11-19(22(26)29)21(28)25-17-4-1-5-18(12-17)27(30)31/h1-12H,13H2,(H,25,28). The van der Waals surface area contributed by atoms with Crippen molar-refractivity contribution < 1.29 is 9.72 Å². The highest BCUT2D eigenvalue weighted by molar-refractivity contribution is 6.30. The molecule has 31 heavy (non-hydrogen) atoms. The highest BCUT2D eigenvalue weighted by atomic mass is 35.5. The van der Waals surface area contributed by atoms with Crippen molar-refractivity contribution in [2.24, 2.45) is 0 Å². The fraction of sp³-hybridized carbons (Fsp3) is 0.0455. The number of benzene rings is 2. The number of amides is 1. The summed E-state index contributed by atoms with van der Waals surface area (Å²) in [7, 11) is 0. The maximum absolute atomic E-state index is 13.2. The van der Waals surface area contributed by atoms with E-state index in [1.54, 1.807) is 42.6 Å². The molecule has 1 amide bonds. The van der Waals surface area contributed by atoms with Crippen LogP contribution >= 0.6 is 11.6 Å². The Kier molecular flexibility index (Phi) is 5.46. The number of pyridine rings is 2. The van der Waals surface area contributed by atoms with E-state index in [2.05, 4.69) is 10.3 Å². The lowest BCUT2D eigenvalue weighted by atomic mass is 10.1. The van der Waals surface area contributed by atoms with Crippen LogP contribution in [0.4, 0.5) is 11.4 Å². The van der Waals surface area contributed by atoms with Crippen LogP contribution in [0.15, 0.2) is 77.7 Å². The molecule has 0 aliphatic heterocycles. The molecule has 0 aliphatic carbocycles. The number of hydrogen-bond acceptors (Lipinski definition) is 5. The molecule has 2 aromatic carbocycles. The number of nitrogens with zero attached hydrogens (tertiary/aromatic N) is 3. The molecule has 4 aromatic rings. The van der Waals surface area contributed by atoms with Crippen molar-refractivity contribution in [2.45, 2.75) is 6.54 Å². The zero-order valence-electron chi connectivity index (χ0n) is 16.0. The second kappa shape index (κ2) is 8.37. The van der Waals surface area contributed by atoms with Crippen LogP contribution in [0.25, 0.3) is 11.0 Å². The van der Waals surface area contributed by atoms with E-state index in [1.807, 2.05) is 0 Å². The molecule has 0 saturated carbocycles. The van der Waals surface area contributed by atoms with Gasteiger partial charge in [-0.25, -0.2) is 4.98 Å². The quantitative estimate of drug-likeness (QED) is 0.373. The fourth-order valence-corrected chi connectivity index (χ4v) is 3.31. The number of hydrogen-bond donors (Lipinski definition) is 1. The van der Waals surface area contributed by atoms with E-state index >= 15 is 0 Å². The van der Waals surface area contributed by atoms with Crippen LogP contribution in [-0.2, 0) is 6.54 Å². The van der Waals surface area contributed by atoms with E-state index < -0.39 is 16.4 Å². The van der Waals surface area contributed by atoms with Crippen LogP contribution in [0.1, 0.15) is 15.9 Å². The van der Waals surface area contributed by atoms with Gasteiger partial charge in [-0.3, -0.25) is 24.3 Å². The molecule has 0 fully saturated rings. The van der Waals surface area contributed by atoms with Gasteiger partial charge < -0.3 is 5.32 Å². The number of aromatic nitrogens is 2. The van der Waals surface area contributed by atoms with Gasteiger partial charge in [-0.05, 0) is 42.0 Å². The van der Waals surface area contributed by atoms with Crippen LogP contribution in [0.2, 0.25) is 5.02 Å². The van der Waals surface area contributed by atoms with Crippen molar-refractivity contribution in [3.63, 3.8) is 0 Å². The predicted octanol–water partition coefficient (Wildman–Crippen LogP) is 4.26. The number of nitrogens with one attached hydrogen (secondary N) is 1.